The third kappa shape index (κ3) is 17.4. The molecule has 1 aliphatic rings. The fourth-order valence-electron chi connectivity index (χ4n) is 4.83. The number of aliphatic hydroxyl groups excluding tert-OH is 4. The van der Waals surface area contributed by atoms with Crippen molar-refractivity contribution in [2.45, 2.75) is 166 Å². The Labute approximate surface area is 247 Å². The molecule has 0 saturated carbocycles. The van der Waals surface area contributed by atoms with Gasteiger partial charge in [-0.05, 0) is 12.8 Å². The predicted octanol–water partition coefficient (Wildman–Crippen LogP) is 4.32. The zero-order valence-electron chi connectivity index (χ0n) is 25.6. The van der Waals surface area contributed by atoms with Gasteiger partial charge >= 0.3 is 11.9 Å². The van der Waals surface area contributed by atoms with Gasteiger partial charge in [0, 0.05) is 12.8 Å². The summed E-state index contributed by atoms with van der Waals surface area (Å²) in [4.78, 5) is 24.7. The van der Waals surface area contributed by atoms with Crippen molar-refractivity contribution >= 4 is 11.9 Å². The van der Waals surface area contributed by atoms with E-state index >= 15 is 0 Å². The Hall–Kier alpha value is -1.30. The number of hydrogen-bond acceptors (Lipinski definition) is 10. The number of rotatable bonds is 25. The molecular formula is C31H58O10. The minimum atomic E-state index is -1.58. The summed E-state index contributed by atoms with van der Waals surface area (Å²) in [6, 6.07) is 0. The van der Waals surface area contributed by atoms with Gasteiger partial charge in [-0.1, -0.05) is 104 Å². The maximum atomic E-state index is 12.4. The van der Waals surface area contributed by atoms with E-state index in [0.29, 0.717) is 6.42 Å². The summed E-state index contributed by atoms with van der Waals surface area (Å²) >= 11 is 0. The van der Waals surface area contributed by atoms with E-state index < -0.39 is 49.4 Å². The summed E-state index contributed by atoms with van der Waals surface area (Å²) in [6.45, 7) is 3.28. The number of carbonyl (C=O) groups is 2. The van der Waals surface area contributed by atoms with Crippen LogP contribution in [0.5, 0.6) is 0 Å². The highest BCUT2D eigenvalue weighted by Crippen LogP contribution is 2.22. The van der Waals surface area contributed by atoms with Crippen molar-refractivity contribution in [2.24, 2.45) is 0 Å². The minimum absolute atomic E-state index is 0.212. The minimum Gasteiger partial charge on any atom is -0.462 e. The number of hydrogen-bond donors (Lipinski definition) is 4. The van der Waals surface area contributed by atoms with Gasteiger partial charge in [-0.15, -0.1) is 0 Å². The average molecular weight is 591 g/mol. The highest BCUT2D eigenvalue weighted by molar-refractivity contribution is 5.70. The van der Waals surface area contributed by atoms with Crippen molar-refractivity contribution in [1.82, 2.24) is 0 Å². The van der Waals surface area contributed by atoms with Crippen molar-refractivity contribution in [3.8, 4) is 0 Å². The lowest BCUT2D eigenvalue weighted by Crippen LogP contribution is -2.59. The molecule has 0 aliphatic carbocycles. The van der Waals surface area contributed by atoms with E-state index in [1.54, 1.807) is 0 Å². The Kier molecular flexibility index (Phi) is 22.2. The molecule has 0 unspecified atom stereocenters. The molecule has 1 heterocycles. The molecule has 4 N–H and O–H groups in total. The molecule has 0 aromatic carbocycles. The summed E-state index contributed by atoms with van der Waals surface area (Å²) in [5.41, 5.74) is 0. The molecule has 1 rings (SSSR count). The van der Waals surface area contributed by atoms with Gasteiger partial charge in [0.05, 0.1) is 13.2 Å². The van der Waals surface area contributed by atoms with Gasteiger partial charge in [0.2, 0.25) is 0 Å². The van der Waals surface area contributed by atoms with Gasteiger partial charge in [-0.25, -0.2) is 0 Å². The van der Waals surface area contributed by atoms with E-state index in [4.69, 9.17) is 18.9 Å². The molecule has 0 aromatic rings. The lowest BCUT2D eigenvalue weighted by molar-refractivity contribution is -0.305. The molecule has 10 nitrogen and oxygen atoms in total. The van der Waals surface area contributed by atoms with Gasteiger partial charge in [-0.2, -0.15) is 0 Å². The quantitative estimate of drug-likeness (QED) is 0.0893. The normalized spacial score (nSPS) is 23.3. The van der Waals surface area contributed by atoms with Crippen molar-refractivity contribution in [1.29, 1.82) is 0 Å². The molecule has 242 valence electrons. The van der Waals surface area contributed by atoms with E-state index in [-0.39, 0.29) is 32.0 Å². The molecule has 0 amide bonds. The number of unbranched alkanes of at least 4 members (excludes halogenated alkanes) is 14. The standard InChI is InChI=1S/C31H58O10/c1-3-5-7-9-10-11-12-13-14-16-17-19-26(33)38-22-24(40-27(34)20-18-15-8-6-4-2)23-39-31-30(37)29(36)28(35)25(21-32)41-31/h24-25,28-32,35-37H,3-23H2,1-2H3/t24-,25-,28+,29+,30-,31-/m1/s1. The first-order chi connectivity index (χ1) is 19.8. The molecule has 41 heavy (non-hydrogen) atoms. The second kappa shape index (κ2) is 24.2. The molecule has 0 spiro atoms. The lowest BCUT2D eigenvalue weighted by Gasteiger charge is -2.39. The van der Waals surface area contributed by atoms with Crippen LogP contribution in [0.15, 0.2) is 0 Å². The van der Waals surface area contributed by atoms with Gasteiger partial charge < -0.3 is 39.4 Å². The zero-order valence-corrected chi connectivity index (χ0v) is 25.6. The Morgan fingerprint density at radius 1 is 0.659 bits per heavy atom. The number of carbonyl (C=O) groups excluding carboxylic acids is 2. The smallest absolute Gasteiger partial charge is 0.306 e. The van der Waals surface area contributed by atoms with Crippen LogP contribution in [0.2, 0.25) is 0 Å². The lowest BCUT2D eigenvalue weighted by atomic mass is 9.99. The van der Waals surface area contributed by atoms with Crippen LogP contribution in [-0.4, -0.2) is 89.0 Å². The number of ether oxygens (including phenoxy) is 4. The van der Waals surface area contributed by atoms with Gasteiger partial charge in [0.15, 0.2) is 12.4 Å². The largest absolute Gasteiger partial charge is 0.462 e. The molecule has 0 aromatic heterocycles. The van der Waals surface area contributed by atoms with Crippen LogP contribution in [0.1, 0.15) is 129 Å². The second-order valence-electron chi connectivity index (χ2n) is 11.3. The molecular weight excluding hydrogens is 532 g/mol. The van der Waals surface area contributed by atoms with Crippen LogP contribution in [-0.2, 0) is 28.5 Å². The Morgan fingerprint density at radius 2 is 1.15 bits per heavy atom. The first-order valence-corrected chi connectivity index (χ1v) is 16.1. The first-order valence-electron chi connectivity index (χ1n) is 16.1. The Balaban J connectivity index is 2.43. The molecule has 1 saturated heterocycles. The summed E-state index contributed by atoms with van der Waals surface area (Å²) in [5.74, 6) is -0.820. The third-order valence-electron chi connectivity index (χ3n) is 7.49. The molecule has 0 radical (unpaired) electrons. The maximum Gasteiger partial charge on any atom is 0.306 e. The fraction of sp³-hybridized carbons (Fsp3) is 0.935. The van der Waals surface area contributed by atoms with Crippen LogP contribution in [0.3, 0.4) is 0 Å². The summed E-state index contributed by atoms with van der Waals surface area (Å²) in [6.07, 6.45) is 10.3. The summed E-state index contributed by atoms with van der Waals surface area (Å²) in [5, 5.41) is 39.5. The SMILES string of the molecule is CCCCCCCCCCCCCC(=O)OC[C@H](CO[C@@H]1O[C@H](CO)[C@H](O)[C@H](O)[C@H]1O)OC(=O)CCCCCCC. The van der Waals surface area contributed by atoms with E-state index in [9.17, 15) is 30.0 Å². The fourth-order valence-corrected chi connectivity index (χ4v) is 4.83. The van der Waals surface area contributed by atoms with E-state index in [0.717, 1.165) is 44.9 Å². The van der Waals surface area contributed by atoms with Gasteiger partial charge in [0.25, 0.3) is 0 Å². The van der Waals surface area contributed by atoms with Crippen molar-refractivity contribution in [3.63, 3.8) is 0 Å². The van der Waals surface area contributed by atoms with Crippen LogP contribution in [0, 0.1) is 0 Å². The molecule has 1 fully saturated rings. The van der Waals surface area contributed by atoms with Crippen molar-refractivity contribution < 1.29 is 49.0 Å². The summed E-state index contributed by atoms with van der Waals surface area (Å²) in [7, 11) is 0. The van der Waals surface area contributed by atoms with E-state index in [2.05, 4.69) is 13.8 Å². The topological polar surface area (TPSA) is 152 Å². The van der Waals surface area contributed by atoms with E-state index in [1.165, 1.54) is 51.4 Å². The van der Waals surface area contributed by atoms with Crippen LogP contribution in [0.4, 0.5) is 0 Å². The molecule has 1 aliphatic heterocycles. The van der Waals surface area contributed by atoms with Crippen LogP contribution in [0.25, 0.3) is 0 Å². The number of aliphatic hydroxyl groups is 4. The van der Waals surface area contributed by atoms with Crippen LogP contribution < -0.4 is 0 Å². The van der Waals surface area contributed by atoms with Crippen LogP contribution >= 0.6 is 0 Å². The number of esters is 2. The van der Waals surface area contributed by atoms with Crippen molar-refractivity contribution in [3.05, 3.63) is 0 Å². The van der Waals surface area contributed by atoms with Gasteiger partial charge in [0.1, 0.15) is 31.0 Å². The highest BCUT2D eigenvalue weighted by Gasteiger charge is 2.44. The Bertz CT molecular complexity index is 659. The third-order valence-corrected chi connectivity index (χ3v) is 7.49. The monoisotopic (exact) mass is 590 g/mol. The Morgan fingerprint density at radius 3 is 1.66 bits per heavy atom. The average Bonchev–Trinajstić information content (AvgIpc) is 2.96. The first kappa shape index (κ1) is 37.7. The zero-order chi connectivity index (χ0) is 30.3. The molecule has 10 heteroatoms. The highest BCUT2D eigenvalue weighted by atomic mass is 16.7. The van der Waals surface area contributed by atoms with Gasteiger partial charge in [-0.3, -0.25) is 9.59 Å². The predicted molar refractivity (Wildman–Crippen MR) is 155 cm³/mol. The second-order valence-corrected chi connectivity index (χ2v) is 11.3. The van der Waals surface area contributed by atoms with Crippen molar-refractivity contribution in [2.75, 3.05) is 19.8 Å². The van der Waals surface area contributed by atoms with E-state index in [1.807, 2.05) is 0 Å². The maximum absolute atomic E-state index is 12.4. The molecule has 6 atom stereocenters. The molecule has 0 bridgehead atoms. The summed E-state index contributed by atoms with van der Waals surface area (Å²) < 4.78 is 21.8.